The van der Waals surface area contributed by atoms with Gasteiger partial charge in [-0.25, -0.2) is 14.4 Å². The number of carbonyl (C=O) groups excluding carboxylic acids is 2. The molecule has 0 spiro atoms. The monoisotopic (exact) mass is 523 g/mol. The fourth-order valence-corrected chi connectivity index (χ4v) is 5.48. The molecule has 1 saturated carbocycles. The first-order chi connectivity index (χ1) is 18.3. The SMILES string of the molecule is CC(C)(C)OC(=O)[C@H]1C[C@H]2[C@H](OC(=O)c3ccccc3)C[C@H](O[C@H]3CCCC[C@@H]3c3ccccc3)ON2O1. The fourth-order valence-electron chi connectivity index (χ4n) is 5.48. The maximum absolute atomic E-state index is 13.0. The number of esters is 2. The second kappa shape index (κ2) is 11.5. The lowest BCUT2D eigenvalue weighted by Crippen LogP contribution is -2.51. The van der Waals surface area contributed by atoms with Gasteiger partial charge >= 0.3 is 11.9 Å². The summed E-state index contributed by atoms with van der Waals surface area (Å²) in [5.74, 6) is -0.653. The van der Waals surface area contributed by atoms with Gasteiger partial charge in [-0.1, -0.05) is 66.6 Å². The van der Waals surface area contributed by atoms with Crippen LogP contribution in [0.4, 0.5) is 0 Å². The molecular weight excluding hydrogens is 486 g/mol. The molecule has 0 radical (unpaired) electrons. The van der Waals surface area contributed by atoms with Crippen LogP contribution in [0.5, 0.6) is 0 Å². The van der Waals surface area contributed by atoms with Crippen LogP contribution in [-0.4, -0.2) is 53.4 Å². The van der Waals surface area contributed by atoms with Gasteiger partial charge < -0.3 is 14.2 Å². The molecule has 38 heavy (non-hydrogen) atoms. The highest BCUT2D eigenvalue weighted by molar-refractivity contribution is 5.89. The lowest BCUT2D eigenvalue weighted by Gasteiger charge is -2.41. The maximum Gasteiger partial charge on any atom is 0.338 e. The highest BCUT2D eigenvalue weighted by atomic mass is 17.0. The predicted molar refractivity (Wildman–Crippen MR) is 139 cm³/mol. The topological polar surface area (TPSA) is 83.5 Å². The quantitative estimate of drug-likeness (QED) is 0.470. The molecule has 2 saturated heterocycles. The molecule has 2 aromatic rings. The minimum absolute atomic E-state index is 0.0394. The Bertz CT molecular complexity index is 1090. The van der Waals surface area contributed by atoms with E-state index in [2.05, 4.69) is 24.3 Å². The van der Waals surface area contributed by atoms with Crippen LogP contribution in [0.3, 0.4) is 0 Å². The van der Waals surface area contributed by atoms with Gasteiger partial charge in [-0.2, -0.15) is 0 Å². The van der Waals surface area contributed by atoms with Crippen LogP contribution in [-0.2, 0) is 28.7 Å². The molecule has 8 heteroatoms. The minimum atomic E-state index is -0.859. The third kappa shape index (κ3) is 6.43. The normalized spacial score (nSPS) is 29.9. The number of carbonyl (C=O) groups is 2. The van der Waals surface area contributed by atoms with Crippen molar-refractivity contribution < 1.29 is 33.5 Å². The van der Waals surface area contributed by atoms with Gasteiger partial charge in [-0.3, -0.25) is 4.84 Å². The standard InChI is InChI=1S/C30H37NO7/c1-30(2,3)36-29(33)26-18-23-25(35-28(32)21-14-8-5-9-15-21)19-27(38-31(23)37-26)34-24-17-11-10-16-22(24)20-12-6-4-7-13-20/h4-9,12-15,22-27H,10-11,16-19H2,1-3H3/t22-,23+,24+,25-,26-,27-/m1/s1. The minimum Gasteiger partial charge on any atom is -0.458 e. The zero-order valence-electron chi connectivity index (χ0n) is 22.3. The Hall–Kier alpha value is -2.78. The Kier molecular flexibility index (Phi) is 8.14. The molecule has 2 heterocycles. The molecule has 2 aliphatic heterocycles. The summed E-state index contributed by atoms with van der Waals surface area (Å²) in [7, 11) is 0. The molecule has 8 nitrogen and oxygen atoms in total. The van der Waals surface area contributed by atoms with Gasteiger partial charge in [-0.05, 0) is 51.3 Å². The Morgan fingerprint density at radius 1 is 0.868 bits per heavy atom. The van der Waals surface area contributed by atoms with Crippen LogP contribution in [0.15, 0.2) is 60.7 Å². The van der Waals surface area contributed by atoms with Gasteiger partial charge in [-0.15, -0.1) is 0 Å². The molecule has 5 rings (SSSR count). The zero-order valence-corrected chi connectivity index (χ0v) is 22.3. The van der Waals surface area contributed by atoms with Crippen molar-refractivity contribution in [3.63, 3.8) is 0 Å². The van der Waals surface area contributed by atoms with Crippen molar-refractivity contribution in [2.75, 3.05) is 0 Å². The van der Waals surface area contributed by atoms with Gasteiger partial charge in [0.15, 0.2) is 12.4 Å². The third-order valence-electron chi connectivity index (χ3n) is 7.23. The van der Waals surface area contributed by atoms with Gasteiger partial charge in [0.1, 0.15) is 17.7 Å². The second-order valence-electron chi connectivity index (χ2n) is 11.3. The van der Waals surface area contributed by atoms with Crippen LogP contribution >= 0.6 is 0 Å². The summed E-state index contributed by atoms with van der Waals surface area (Å²) in [5.41, 5.74) is 1.06. The smallest absolute Gasteiger partial charge is 0.338 e. The number of hydrogen-bond donors (Lipinski definition) is 0. The largest absolute Gasteiger partial charge is 0.458 e. The lowest BCUT2D eigenvalue weighted by atomic mass is 9.81. The van der Waals surface area contributed by atoms with E-state index in [1.54, 1.807) is 24.3 Å². The summed E-state index contributed by atoms with van der Waals surface area (Å²) < 4.78 is 18.1. The van der Waals surface area contributed by atoms with E-state index in [0.29, 0.717) is 12.0 Å². The molecule has 6 atom stereocenters. The van der Waals surface area contributed by atoms with E-state index in [0.717, 1.165) is 25.7 Å². The Morgan fingerprint density at radius 3 is 2.26 bits per heavy atom. The van der Waals surface area contributed by atoms with E-state index in [1.165, 1.54) is 10.8 Å². The van der Waals surface area contributed by atoms with Crippen molar-refractivity contribution in [2.45, 2.75) is 101 Å². The van der Waals surface area contributed by atoms with E-state index in [1.807, 2.05) is 32.9 Å². The summed E-state index contributed by atoms with van der Waals surface area (Å²) in [6.07, 6.45) is 2.63. The first kappa shape index (κ1) is 26.8. The first-order valence-electron chi connectivity index (χ1n) is 13.6. The van der Waals surface area contributed by atoms with Crippen LogP contribution in [0.2, 0.25) is 0 Å². The Balaban J connectivity index is 1.33. The van der Waals surface area contributed by atoms with Crippen molar-refractivity contribution in [1.82, 2.24) is 5.23 Å². The molecule has 3 aliphatic rings. The summed E-state index contributed by atoms with van der Waals surface area (Å²) in [5, 5.41) is 1.30. The maximum atomic E-state index is 13.0. The van der Waals surface area contributed by atoms with Crippen molar-refractivity contribution in [2.24, 2.45) is 0 Å². The van der Waals surface area contributed by atoms with E-state index in [4.69, 9.17) is 23.9 Å². The van der Waals surface area contributed by atoms with Crippen LogP contribution in [0, 0.1) is 0 Å². The molecule has 0 unspecified atom stereocenters. The third-order valence-corrected chi connectivity index (χ3v) is 7.23. The number of benzene rings is 2. The number of hydrogen-bond acceptors (Lipinski definition) is 8. The number of nitrogens with zero attached hydrogens (tertiary/aromatic N) is 1. The molecule has 0 bridgehead atoms. The molecule has 3 fully saturated rings. The molecule has 0 N–H and O–H groups in total. The van der Waals surface area contributed by atoms with Crippen LogP contribution in [0.25, 0.3) is 0 Å². The Morgan fingerprint density at radius 2 is 1.55 bits per heavy atom. The highest BCUT2D eigenvalue weighted by Crippen LogP contribution is 2.39. The second-order valence-corrected chi connectivity index (χ2v) is 11.3. The van der Waals surface area contributed by atoms with Crippen LogP contribution in [0.1, 0.15) is 81.1 Å². The van der Waals surface area contributed by atoms with Crippen molar-refractivity contribution >= 4 is 11.9 Å². The number of rotatable bonds is 6. The summed E-state index contributed by atoms with van der Waals surface area (Å²) >= 11 is 0. The molecule has 204 valence electrons. The van der Waals surface area contributed by atoms with Gasteiger partial charge in [0, 0.05) is 18.8 Å². The average molecular weight is 524 g/mol. The van der Waals surface area contributed by atoms with Gasteiger partial charge in [0.2, 0.25) is 0 Å². The number of hydroxylamine groups is 2. The number of ether oxygens (including phenoxy) is 3. The molecular formula is C30H37NO7. The van der Waals surface area contributed by atoms with E-state index in [-0.39, 0.29) is 18.4 Å². The lowest BCUT2D eigenvalue weighted by molar-refractivity contribution is -0.447. The van der Waals surface area contributed by atoms with Crippen molar-refractivity contribution in [3.05, 3.63) is 71.8 Å². The molecule has 2 aromatic carbocycles. The molecule has 0 aromatic heterocycles. The van der Waals surface area contributed by atoms with Crippen molar-refractivity contribution in [1.29, 1.82) is 0 Å². The van der Waals surface area contributed by atoms with E-state index < -0.39 is 42.1 Å². The number of fused-ring (bicyclic) bond motifs is 1. The Labute approximate surface area is 224 Å². The summed E-state index contributed by atoms with van der Waals surface area (Å²) in [4.78, 5) is 37.8. The molecule has 0 amide bonds. The predicted octanol–water partition coefficient (Wildman–Crippen LogP) is 5.33. The summed E-state index contributed by atoms with van der Waals surface area (Å²) in [6, 6.07) is 18.8. The highest BCUT2D eigenvalue weighted by Gasteiger charge is 2.51. The van der Waals surface area contributed by atoms with Crippen molar-refractivity contribution in [3.8, 4) is 0 Å². The van der Waals surface area contributed by atoms with Crippen LogP contribution < -0.4 is 0 Å². The van der Waals surface area contributed by atoms with Gasteiger partial charge in [0.25, 0.3) is 0 Å². The zero-order chi connectivity index (χ0) is 26.7. The first-order valence-corrected chi connectivity index (χ1v) is 13.6. The van der Waals surface area contributed by atoms with E-state index in [9.17, 15) is 9.59 Å². The average Bonchev–Trinajstić information content (AvgIpc) is 3.34. The summed E-state index contributed by atoms with van der Waals surface area (Å²) in [6.45, 7) is 5.43. The molecule has 1 aliphatic carbocycles. The van der Waals surface area contributed by atoms with E-state index >= 15 is 0 Å². The fraction of sp³-hybridized carbons (Fsp3) is 0.533. The van der Waals surface area contributed by atoms with Gasteiger partial charge in [0.05, 0.1) is 11.7 Å².